The van der Waals surface area contributed by atoms with Crippen molar-refractivity contribution in [1.29, 1.82) is 0 Å². The van der Waals surface area contributed by atoms with Gasteiger partial charge < -0.3 is 9.64 Å². The Morgan fingerprint density at radius 2 is 1.90 bits per heavy atom. The molecular formula is C20H17F3N4O3. The van der Waals surface area contributed by atoms with Crippen LogP contribution in [0.2, 0.25) is 0 Å². The number of hydrogen-bond donors (Lipinski definition) is 0. The van der Waals surface area contributed by atoms with Crippen LogP contribution in [-0.4, -0.2) is 44.5 Å². The number of carbonyl (C=O) groups is 1. The van der Waals surface area contributed by atoms with Gasteiger partial charge in [-0.1, -0.05) is 18.2 Å². The summed E-state index contributed by atoms with van der Waals surface area (Å²) in [5.74, 6) is -0.303. The number of hydrogen-bond acceptors (Lipinski definition) is 5. The molecule has 2 aromatic heterocycles. The van der Waals surface area contributed by atoms with E-state index in [-0.39, 0.29) is 43.4 Å². The summed E-state index contributed by atoms with van der Waals surface area (Å²) in [7, 11) is 0. The summed E-state index contributed by atoms with van der Waals surface area (Å²) in [4.78, 5) is 34.0. The van der Waals surface area contributed by atoms with Crippen molar-refractivity contribution in [2.24, 2.45) is 0 Å². The van der Waals surface area contributed by atoms with E-state index in [4.69, 9.17) is 4.74 Å². The Morgan fingerprint density at radius 3 is 2.67 bits per heavy atom. The van der Waals surface area contributed by atoms with E-state index < -0.39 is 18.0 Å². The van der Waals surface area contributed by atoms with Crippen LogP contribution in [0, 0.1) is 0 Å². The Kier molecular flexibility index (Phi) is 5.15. The Hall–Kier alpha value is -3.43. The summed E-state index contributed by atoms with van der Waals surface area (Å²) in [6.45, 7) is 0.690. The monoisotopic (exact) mass is 418 g/mol. The second kappa shape index (κ2) is 7.77. The number of nitrogens with zero attached hydrogens (tertiary/aromatic N) is 4. The van der Waals surface area contributed by atoms with Gasteiger partial charge in [-0.3, -0.25) is 14.2 Å². The number of carbonyl (C=O) groups excluding carboxylic acids is 1. The lowest BCUT2D eigenvalue weighted by Crippen LogP contribution is -2.56. The molecule has 1 aromatic carbocycles. The number of pyridine rings is 1. The van der Waals surface area contributed by atoms with E-state index >= 15 is 0 Å². The molecule has 0 saturated carbocycles. The van der Waals surface area contributed by atoms with Crippen LogP contribution in [0.25, 0.3) is 10.9 Å². The van der Waals surface area contributed by atoms with Crippen molar-refractivity contribution in [3.63, 3.8) is 0 Å². The molecule has 156 valence electrons. The first kappa shape index (κ1) is 19.9. The molecule has 0 spiro atoms. The van der Waals surface area contributed by atoms with Gasteiger partial charge in [0.2, 0.25) is 11.8 Å². The summed E-state index contributed by atoms with van der Waals surface area (Å²) < 4.78 is 44.9. The molecule has 3 heterocycles. The third kappa shape index (κ3) is 4.12. The van der Waals surface area contributed by atoms with Crippen LogP contribution in [0.1, 0.15) is 12.1 Å². The minimum absolute atomic E-state index is 0.106. The van der Waals surface area contributed by atoms with Gasteiger partial charge in [0.1, 0.15) is 11.8 Å². The first-order valence-electron chi connectivity index (χ1n) is 9.24. The molecule has 10 heteroatoms. The van der Waals surface area contributed by atoms with Gasteiger partial charge in [0.25, 0.3) is 5.56 Å². The van der Waals surface area contributed by atoms with Crippen molar-refractivity contribution in [3.8, 4) is 5.88 Å². The van der Waals surface area contributed by atoms with Gasteiger partial charge >= 0.3 is 6.18 Å². The van der Waals surface area contributed by atoms with Crippen molar-refractivity contribution in [1.82, 2.24) is 19.4 Å². The van der Waals surface area contributed by atoms with Gasteiger partial charge in [0.15, 0.2) is 0 Å². The Labute approximate surface area is 168 Å². The largest absolute Gasteiger partial charge is 0.471 e. The van der Waals surface area contributed by atoms with E-state index in [1.807, 2.05) is 0 Å². The van der Waals surface area contributed by atoms with Gasteiger partial charge in [-0.15, -0.1) is 0 Å². The van der Waals surface area contributed by atoms with E-state index in [0.29, 0.717) is 10.9 Å². The van der Waals surface area contributed by atoms with Gasteiger partial charge in [-0.05, 0) is 18.2 Å². The van der Waals surface area contributed by atoms with Crippen LogP contribution in [0.5, 0.6) is 5.88 Å². The summed E-state index contributed by atoms with van der Waals surface area (Å²) in [5.41, 5.74) is -0.647. The Bertz CT molecular complexity index is 1140. The second-order valence-electron chi connectivity index (χ2n) is 6.91. The first-order chi connectivity index (χ1) is 14.3. The highest BCUT2D eigenvalue weighted by molar-refractivity contribution is 5.78. The fraction of sp³-hybridized carbons (Fsp3) is 0.300. The average Bonchev–Trinajstić information content (AvgIpc) is 2.69. The normalized spacial score (nSPS) is 14.6. The molecule has 1 fully saturated rings. The lowest BCUT2D eigenvalue weighted by Gasteiger charge is -2.38. The second-order valence-corrected chi connectivity index (χ2v) is 6.91. The highest BCUT2D eigenvalue weighted by Gasteiger charge is 2.35. The molecule has 1 aliphatic rings. The lowest BCUT2D eigenvalue weighted by molar-refractivity contribution is -0.142. The Balaban J connectivity index is 1.30. The highest BCUT2D eigenvalue weighted by atomic mass is 19.4. The fourth-order valence-electron chi connectivity index (χ4n) is 3.17. The van der Waals surface area contributed by atoms with Crippen LogP contribution in [0.3, 0.4) is 0 Å². The van der Waals surface area contributed by atoms with Crippen LogP contribution in [-0.2, 0) is 17.5 Å². The lowest BCUT2D eigenvalue weighted by atomic mass is 10.1. The zero-order valence-corrected chi connectivity index (χ0v) is 15.7. The van der Waals surface area contributed by atoms with Gasteiger partial charge in [0, 0.05) is 19.0 Å². The van der Waals surface area contributed by atoms with Crippen molar-refractivity contribution >= 4 is 16.8 Å². The van der Waals surface area contributed by atoms with E-state index in [0.717, 1.165) is 6.07 Å². The Morgan fingerprint density at radius 1 is 1.13 bits per heavy atom. The molecular weight excluding hydrogens is 401 g/mol. The van der Waals surface area contributed by atoms with E-state index in [9.17, 15) is 22.8 Å². The van der Waals surface area contributed by atoms with E-state index in [1.165, 1.54) is 27.9 Å². The number of fused-ring (bicyclic) bond motifs is 1. The molecule has 1 amide bonds. The van der Waals surface area contributed by atoms with Gasteiger partial charge in [0.05, 0.1) is 30.3 Å². The number of aromatic nitrogens is 3. The number of alkyl halides is 3. The SMILES string of the molecule is O=C(CCn1cnc2ccccc2c1=O)N1CC(Oc2cccc(C(F)(F)F)n2)C1. The third-order valence-electron chi connectivity index (χ3n) is 4.80. The smallest absolute Gasteiger partial charge is 0.433 e. The molecule has 3 aromatic rings. The maximum atomic E-state index is 12.7. The number of para-hydroxylation sites is 1. The third-order valence-corrected chi connectivity index (χ3v) is 4.80. The van der Waals surface area contributed by atoms with Crippen LogP contribution >= 0.6 is 0 Å². The van der Waals surface area contributed by atoms with Crippen LogP contribution < -0.4 is 10.3 Å². The molecule has 0 unspecified atom stereocenters. The maximum absolute atomic E-state index is 12.7. The van der Waals surface area contributed by atoms with Crippen molar-refractivity contribution < 1.29 is 22.7 Å². The zero-order chi connectivity index (χ0) is 21.3. The van der Waals surface area contributed by atoms with Gasteiger partial charge in [-0.2, -0.15) is 13.2 Å². The summed E-state index contributed by atoms with van der Waals surface area (Å²) in [6, 6.07) is 10.4. The quantitative estimate of drug-likeness (QED) is 0.636. The minimum Gasteiger partial charge on any atom is -0.471 e. The number of benzene rings is 1. The van der Waals surface area contributed by atoms with Crippen molar-refractivity contribution in [2.75, 3.05) is 13.1 Å². The molecule has 0 radical (unpaired) electrons. The molecule has 0 aliphatic carbocycles. The molecule has 30 heavy (non-hydrogen) atoms. The van der Waals surface area contributed by atoms with Crippen LogP contribution in [0.4, 0.5) is 13.2 Å². The van der Waals surface area contributed by atoms with E-state index in [2.05, 4.69) is 9.97 Å². The van der Waals surface area contributed by atoms with Gasteiger partial charge in [-0.25, -0.2) is 9.97 Å². The number of likely N-dealkylation sites (tertiary alicyclic amines) is 1. The van der Waals surface area contributed by atoms with Crippen molar-refractivity contribution in [3.05, 3.63) is 64.8 Å². The highest BCUT2D eigenvalue weighted by Crippen LogP contribution is 2.29. The molecule has 4 rings (SSSR count). The minimum atomic E-state index is -4.54. The topological polar surface area (TPSA) is 77.3 Å². The average molecular weight is 418 g/mol. The summed E-state index contributed by atoms with van der Waals surface area (Å²) in [5, 5.41) is 0.485. The molecule has 0 atom stereocenters. The predicted octanol–water partition coefficient (Wildman–Crippen LogP) is 2.49. The van der Waals surface area contributed by atoms with Crippen LogP contribution in [0.15, 0.2) is 53.6 Å². The number of rotatable bonds is 5. The number of amides is 1. The number of aryl methyl sites for hydroxylation is 1. The molecule has 0 bridgehead atoms. The van der Waals surface area contributed by atoms with E-state index in [1.54, 1.807) is 24.3 Å². The number of halogens is 3. The summed E-state index contributed by atoms with van der Waals surface area (Å²) >= 11 is 0. The maximum Gasteiger partial charge on any atom is 0.433 e. The number of ether oxygens (including phenoxy) is 1. The molecule has 7 nitrogen and oxygen atoms in total. The molecule has 1 saturated heterocycles. The fourth-order valence-corrected chi connectivity index (χ4v) is 3.17. The molecule has 1 aliphatic heterocycles. The first-order valence-corrected chi connectivity index (χ1v) is 9.24. The predicted molar refractivity (Wildman–Crippen MR) is 101 cm³/mol. The zero-order valence-electron chi connectivity index (χ0n) is 15.7. The van der Waals surface area contributed by atoms with Crippen molar-refractivity contribution in [2.45, 2.75) is 25.2 Å². The molecule has 0 N–H and O–H groups in total. The summed E-state index contributed by atoms with van der Waals surface area (Å²) in [6.07, 6.45) is -3.44. The standard InChI is InChI=1S/C20H17F3N4O3/c21-20(22,23)16-6-3-7-17(25-16)30-13-10-27(11-13)18(28)8-9-26-12-24-15-5-2-1-4-14(15)19(26)29/h1-7,12-13H,8-11H2.